The number of rotatable bonds is 1. The van der Waals surface area contributed by atoms with Gasteiger partial charge >= 0.3 is 5.69 Å². The predicted molar refractivity (Wildman–Crippen MR) is 80.0 cm³/mol. The number of hydrogen-bond acceptors (Lipinski definition) is 3. The van der Waals surface area contributed by atoms with Crippen molar-refractivity contribution in [1.29, 1.82) is 0 Å². The highest BCUT2D eigenvalue weighted by molar-refractivity contribution is 5.78. The van der Waals surface area contributed by atoms with Gasteiger partial charge in [-0.05, 0) is 38.3 Å². The molecule has 0 radical (unpaired) electrons. The molecule has 0 bridgehead atoms. The Bertz CT molecular complexity index is 767. The molecule has 0 saturated carbocycles. The van der Waals surface area contributed by atoms with Gasteiger partial charge in [0, 0.05) is 20.1 Å². The van der Waals surface area contributed by atoms with Crippen LogP contribution < -0.4 is 16.3 Å². The maximum absolute atomic E-state index is 12.7. The zero-order valence-electron chi connectivity index (χ0n) is 11.9. The van der Waals surface area contributed by atoms with Gasteiger partial charge in [-0.1, -0.05) is 11.6 Å². The summed E-state index contributed by atoms with van der Waals surface area (Å²) >= 11 is 0. The van der Waals surface area contributed by atoms with Crippen LogP contribution in [0.5, 0.6) is 0 Å². The summed E-state index contributed by atoms with van der Waals surface area (Å²) in [4.78, 5) is 25.1. The van der Waals surface area contributed by atoms with Gasteiger partial charge in [-0.3, -0.25) is 9.36 Å². The molecule has 5 nitrogen and oxygen atoms in total. The molecule has 0 unspecified atom stereocenters. The molecule has 106 valence electrons. The Labute approximate surface area is 117 Å². The van der Waals surface area contributed by atoms with E-state index < -0.39 is 0 Å². The predicted octanol–water partition coefficient (Wildman–Crippen LogP) is 1.13. The SMILES string of the molecule is Cc1ccc2c(c1)c(=O)n(N1CCCCC1)c(=O)n2C. The monoisotopic (exact) mass is 273 g/mol. The molecule has 1 saturated heterocycles. The second-order valence-corrected chi connectivity index (χ2v) is 5.49. The van der Waals surface area contributed by atoms with E-state index in [4.69, 9.17) is 0 Å². The minimum absolute atomic E-state index is 0.200. The number of aryl methyl sites for hydroxylation is 2. The van der Waals surface area contributed by atoms with Crippen molar-refractivity contribution in [3.63, 3.8) is 0 Å². The molecule has 1 fully saturated rings. The Hall–Kier alpha value is -2.04. The van der Waals surface area contributed by atoms with Crippen LogP contribution >= 0.6 is 0 Å². The minimum Gasteiger partial charge on any atom is -0.306 e. The highest BCUT2D eigenvalue weighted by Crippen LogP contribution is 2.11. The Balaban J connectivity index is 2.32. The van der Waals surface area contributed by atoms with Crippen LogP contribution in [0.1, 0.15) is 24.8 Å². The molecule has 20 heavy (non-hydrogen) atoms. The molecule has 3 rings (SSSR count). The van der Waals surface area contributed by atoms with Gasteiger partial charge in [-0.2, -0.15) is 4.68 Å². The van der Waals surface area contributed by atoms with Gasteiger partial charge in [-0.25, -0.2) is 4.79 Å². The first kappa shape index (κ1) is 13.0. The quantitative estimate of drug-likeness (QED) is 0.782. The minimum atomic E-state index is -0.256. The molecule has 2 heterocycles. The second-order valence-electron chi connectivity index (χ2n) is 5.49. The van der Waals surface area contributed by atoms with Gasteiger partial charge in [-0.15, -0.1) is 0 Å². The largest absolute Gasteiger partial charge is 0.350 e. The summed E-state index contributed by atoms with van der Waals surface area (Å²) in [6.45, 7) is 3.49. The zero-order valence-corrected chi connectivity index (χ0v) is 11.9. The molecule has 2 aromatic rings. The average Bonchev–Trinajstić information content (AvgIpc) is 2.46. The number of fused-ring (bicyclic) bond motifs is 1. The first-order chi connectivity index (χ1) is 9.59. The number of nitrogens with zero attached hydrogens (tertiary/aromatic N) is 3. The van der Waals surface area contributed by atoms with E-state index in [-0.39, 0.29) is 11.2 Å². The van der Waals surface area contributed by atoms with Gasteiger partial charge in [0.2, 0.25) is 0 Å². The molecule has 0 spiro atoms. The van der Waals surface area contributed by atoms with Crippen molar-refractivity contribution in [3.05, 3.63) is 44.6 Å². The summed E-state index contributed by atoms with van der Waals surface area (Å²) in [5.74, 6) is 0. The fourth-order valence-electron chi connectivity index (χ4n) is 2.89. The van der Waals surface area contributed by atoms with Crippen LogP contribution in [0.3, 0.4) is 0 Å². The van der Waals surface area contributed by atoms with Crippen molar-refractivity contribution in [1.82, 2.24) is 9.24 Å². The zero-order chi connectivity index (χ0) is 14.3. The molecule has 0 atom stereocenters. The summed E-state index contributed by atoms with van der Waals surface area (Å²) in [5, 5.41) is 2.49. The van der Waals surface area contributed by atoms with Crippen LogP contribution in [-0.2, 0) is 7.05 Å². The smallest absolute Gasteiger partial charge is 0.306 e. The second kappa shape index (κ2) is 4.81. The topological polar surface area (TPSA) is 47.2 Å². The summed E-state index contributed by atoms with van der Waals surface area (Å²) in [7, 11) is 1.72. The standard InChI is InChI=1S/C15H19N3O2/c1-11-6-7-13-12(10-11)14(19)18(15(20)16(13)2)17-8-4-3-5-9-17/h6-7,10H,3-5,8-9H2,1-2H3. The third-order valence-electron chi connectivity index (χ3n) is 4.02. The first-order valence-corrected chi connectivity index (χ1v) is 7.07. The van der Waals surface area contributed by atoms with Crippen LogP contribution in [0.2, 0.25) is 0 Å². The molecule has 5 heteroatoms. The molecular weight excluding hydrogens is 254 g/mol. The molecule has 0 aliphatic carbocycles. The van der Waals surface area contributed by atoms with Crippen molar-refractivity contribution in [3.8, 4) is 0 Å². The van der Waals surface area contributed by atoms with Crippen LogP contribution in [0, 0.1) is 6.92 Å². The first-order valence-electron chi connectivity index (χ1n) is 7.07. The molecular formula is C15H19N3O2. The Morgan fingerprint density at radius 2 is 1.75 bits per heavy atom. The van der Waals surface area contributed by atoms with Crippen molar-refractivity contribution in [2.45, 2.75) is 26.2 Å². The van der Waals surface area contributed by atoms with Crippen molar-refractivity contribution in [2.75, 3.05) is 18.1 Å². The summed E-state index contributed by atoms with van der Waals surface area (Å²) in [6.07, 6.45) is 3.22. The number of aromatic nitrogens is 2. The van der Waals surface area contributed by atoms with E-state index in [2.05, 4.69) is 0 Å². The maximum Gasteiger partial charge on any atom is 0.350 e. The van der Waals surface area contributed by atoms with Gasteiger partial charge < -0.3 is 5.01 Å². The average molecular weight is 273 g/mol. The van der Waals surface area contributed by atoms with E-state index in [1.165, 1.54) is 4.68 Å². The van der Waals surface area contributed by atoms with E-state index in [1.54, 1.807) is 11.6 Å². The number of hydrogen-bond donors (Lipinski definition) is 0. The Morgan fingerprint density at radius 3 is 2.45 bits per heavy atom. The molecule has 1 aliphatic rings. The summed E-state index contributed by atoms with van der Waals surface area (Å²) < 4.78 is 2.88. The highest BCUT2D eigenvalue weighted by atomic mass is 16.2. The lowest BCUT2D eigenvalue weighted by molar-refractivity contribution is 0.452. The van der Waals surface area contributed by atoms with Crippen LogP contribution in [-0.4, -0.2) is 22.3 Å². The van der Waals surface area contributed by atoms with Gasteiger partial charge in [0.25, 0.3) is 5.56 Å². The van der Waals surface area contributed by atoms with Crippen LogP contribution in [0.15, 0.2) is 27.8 Å². The third kappa shape index (κ3) is 1.94. The molecule has 1 aliphatic heterocycles. The Morgan fingerprint density at radius 1 is 1.05 bits per heavy atom. The Kier molecular flexibility index (Phi) is 3.12. The van der Waals surface area contributed by atoms with Crippen molar-refractivity contribution < 1.29 is 0 Å². The number of benzene rings is 1. The summed E-state index contributed by atoms with van der Waals surface area (Å²) in [5.41, 5.74) is 1.26. The van der Waals surface area contributed by atoms with Gasteiger partial charge in [0.05, 0.1) is 10.9 Å². The lowest BCUT2D eigenvalue weighted by Crippen LogP contribution is -2.54. The molecule has 0 amide bonds. The summed E-state index contributed by atoms with van der Waals surface area (Å²) in [6, 6.07) is 5.62. The van der Waals surface area contributed by atoms with E-state index >= 15 is 0 Å². The fraction of sp³-hybridized carbons (Fsp3) is 0.467. The lowest BCUT2D eigenvalue weighted by atomic mass is 10.1. The van der Waals surface area contributed by atoms with E-state index in [0.29, 0.717) is 10.9 Å². The van der Waals surface area contributed by atoms with E-state index in [1.807, 2.05) is 30.1 Å². The highest BCUT2D eigenvalue weighted by Gasteiger charge is 2.18. The molecule has 0 N–H and O–H groups in total. The van der Waals surface area contributed by atoms with Crippen molar-refractivity contribution in [2.24, 2.45) is 7.05 Å². The number of piperidine rings is 1. The van der Waals surface area contributed by atoms with Gasteiger partial charge in [0.1, 0.15) is 0 Å². The lowest BCUT2D eigenvalue weighted by Gasteiger charge is -2.29. The fourth-order valence-corrected chi connectivity index (χ4v) is 2.89. The third-order valence-corrected chi connectivity index (χ3v) is 4.02. The maximum atomic E-state index is 12.7. The van der Waals surface area contributed by atoms with Gasteiger partial charge in [0.15, 0.2) is 0 Å². The van der Waals surface area contributed by atoms with E-state index in [9.17, 15) is 9.59 Å². The van der Waals surface area contributed by atoms with Crippen molar-refractivity contribution >= 4 is 10.9 Å². The molecule has 1 aromatic heterocycles. The molecule has 1 aromatic carbocycles. The normalized spacial score (nSPS) is 15.8. The van der Waals surface area contributed by atoms with E-state index in [0.717, 1.165) is 37.9 Å². The van der Waals surface area contributed by atoms with Crippen LogP contribution in [0.25, 0.3) is 10.9 Å². The van der Waals surface area contributed by atoms with Crippen LogP contribution in [0.4, 0.5) is 0 Å².